The normalized spacial score (nSPS) is 25.1. The molecule has 21 heavy (non-hydrogen) atoms. The summed E-state index contributed by atoms with van der Waals surface area (Å²) in [5.74, 6) is 8.75. The number of ether oxygens (including phenoxy) is 1. The average molecular weight is 291 g/mol. The molecule has 2 fully saturated rings. The first kappa shape index (κ1) is 14.5. The Labute approximate surface area is 125 Å². The van der Waals surface area contributed by atoms with E-state index >= 15 is 0 Å². The van der Waals surface area contributed by atoms with Crippen LogP contribution in [-0.4, -0.2) is 28.7 Å². The third-order valence-electron chi connectivity index (χ3n) is 4.35. The largest absolute Gasteiger partial charge is 0.376 e. The summed E-state index contributed by atoms with van der Waals surface area (Å²) in [4.78, 5) is 9.14. The standard InChI is InChI=1S/C15H25N5O/c1-3-4-12-18-14(9(2)15(19-12)20-16)17-11-7-8-21-13(11)10-5-6-10/h10-11,13H,3-8,16H2,1-2H3,(H2,17,18,19,20). The smallest absolute Gasteiger partial charge is 0.148 e. The van der Waals surface area contributed by atoms with Crippen LogP contribution in [0.15, 0.2) is 0 Å². The van der Waals surface area contributed by atoms with Crippen LogP contribution in [0.2, 0.25) is 0 Å². The fraction of sp³-hybridized carbons (Fsp3) is 0.733. The van der Waals surface area contributed by atoms with Gasteiger partial charge in [0.15, 0.2) is 0 Å². The van der Waals surface area contributed by atoms with Crippen LogP contribution < -0.4 is 16.6 Å². The van der Waals surface area contributed by atoms with Gasteiger partial charge in [-0.05, 0) is 38.5 Å². The van der Waals surface area contributed by atoms with Gasteiger partial charge >= 0.3 is 0 Å². The van der Waals surface area contributed by atoms with Gasteiger partial charge in [0.1, 0.15) is 17.5 Å². The van der Waals surface area contributed by atoms with E-state index in [9.17, 15) is 0 Å². The zero-order valence-corrected chi connectivity index (χ0v) is 12.9. The lowest BCUT2D eigenvalue weighted by Crippen LogP contribution is -2.32. The summed E-state index contributed by atoms with van der Waals surface area (Å²) in [7, 11) is 0. The number of rotatable bonds is 6. The van der Waals surface area contributed by atoms with Crippen molar-refractivity contribution in [3.8, 4) is 0 Å². The maximum absolute atomic E-state index is 5.89. The molecular weight excluding hydrogens is 266 g/mol. The van der Waals surface area contributed by atoms with Gasteiger partial charge < -0.3 is 15.5 Å². The van der Waals surface area contributed by atoms with E-state index in [0.29, 0.717) is 18.0 Å². The van der Waals surface area contributed by atoms with E-state index in [1.54, 1.807) is 0 Å². The topological polar surface area (TPSA) is 85.1 Å². The second kappa shape index (κ2) is 6.15. The van der Waals surface area contributed by atoms with E-state index in [1.807, 2.05) is 6.92 Å². The SMILES string of the molecule is CCCc1nc(NN)c(C)c(NC2CCOC2C2CC2)n1. The summed E-state index contributed by atoms with van der Waals surface area (Å²) < 4.78 is 5.89. The molecule has 2 heterocycles. The van der Waals surface area contributed by atoms with Crippen molar-refractivity contribution in [2.45, 2.75) is 58.1 Å². The second-order valence-corrected chi connectivity index (χ2v) is 6.07. The monoisotopic (exact) mass is 291 g/mol. The van der Waals surface area contributed by atoms with E-state index in [4.69, 9.17) is 10.6 Å². The van der Waals surface area contributed by atoms with Gasteiger partial charge in [0, 0.05) is 18.6 Å². The van der Waals surface area contributed by atoms with Crippen LogP contribution in [0.3, 0.4) is 0 Å². The number of nitrogens with one attached hydrogen (secondary N) is 2. The molecule has 1 saturated carbocycles. The highest BCUT2D eigenvalue weighted by Gasteiger charge is 2.40. The van der Waals surface area contributed by atoms with Crippen molar-refractivity contribution >= 4 is 11.6 Å². The number of hydrogen-bond donors (Lipinski definition) is 3. The van der Waals surface area contributed by atoms with Crippen molar-refractivity contribution < 1.29 is 4.74 Å². The number of hydrogen-bond acceptors (Lipinski definition) is 6. The lowest BCUT2D eigenvalue weighted by Gasteiger charge is -2.22. The lowest BCUT2D eigenvalue weighted by atomic mass is 10.1. The molecule has 0 aromatic carbocycles. The van der Waals surface area contributed by atoms with Crippen molar-refractivity contribution in [3.05, 3.63) is 11.4 Å². The third kappa shape index (κ3) is 3.11. The molecule has 116 valence electrons. The molecule has 6 heteroatoms. The maximum Gasteiger partial charge on any atom is 0.148 e. The maximum atomic E-state index is 5.89. The van der Waals surface area contributed by atoms with Crippen LogP contribution >= 0.6 is 0 Å². The Morgan fingerprint density at radius 1 is 1.24 bits per heavy atom. The summed E-state index contributed by atoms with van der Waals surface area (Å²) in [6, 6.07) is 0.353. The molecule has 1 aliphatic carbocycles. The van der Waals surface area contributed by atoms with Crippen LogP contribution in [-0.2, 0) is 11.2 Å². The summed E-state index contributed by atoms with van der Waals surface area (Å²) in [5.41, 5.74) is 3.65. The number of nitrogen functional groups attached to an aromatic ring is 1. The number of nitrogens with zero attached hydrogens (tertiary/aromatic N) is 2. The average Bonchev–Trinajstić information content (AvgIpc) is 3.22. The van der Waals surface area contributed by atoms with E-state index in [1.165, 1.54) is 12.8 Å². The molecule has 4 N–H and O–H groups in total. The van der Waals surface area contributed by atoms with Gasteiger partial charge in [-0.15, -0.1) is 0 Å². The minimum absolute atomic E-state index is 0.336. The molecule has 1 aromatic heterocycles. The van der Waals surface area contributed by atoms with E-state index < -0.39 is 0 Å². The van der Waals surface area contributed by atoms with Gasteiger partial charge in [0.2, 0.25) is 0 Å². The Morgan fingerprint density at radius 2 is 2.00 bits per heavy atom. The molecule has 1 aliphatic heterocycles. The molecule has 1 aromatic rings. The summed E-state index contributed by atoms with van der Waals surface area (Å²) >= 11 is 0. The molecule has 2 unspecified atom stereocenters. The van der Waals surface area contributed by atoms with Crippen LogP contribution in [0.4, 0.5) is 11.6 Å². The van der Waals surface area contributed by atoms with Gasteiger partial charge in [0.25, 0.3) is 0 Å². The van der Waals surface area contributed by atoms with Crippen molar-refractivity contribution in [1.29, 1.82) is 0 Å². The predicted octanol–water partition coefficient (Wildman–Crippen LogP) is 2.00. The van der Waals surface area contributed by atoms with E-state index in [0.717, 1.165) is 49.0 Å². The summed E-state index contributed by atoms with van der Waals surface area (Å²) in [5, 5.41) is 3.58. The van der Waals surface area contributed by atoms with Crippen molar-refractivity contribution in [1.82, 2.24) is 9.97 Å². The predicted molar refractivity (Wildman–Crippen MR) is 83.1 cm³/mol. The Kier molecular flexibility index (Phi) is 4.26. The van der Waals surface area contributed by atoms with Crippen LogP contribution in [0.1, 0.15) is 44.0 Å². The van der Waals surface area contributed by atoms with Gasteiger partial charge in [-0.25, -0.2) is 15.8 Å². The highest BCUT2D eigenvalue weighted by Crippen LogP contribution is 2.39. The minimum atomic E-state index is 0.336. The molecule has 0 amide bonds. The molecule has 2 aliphatic rings. The number of nitrogens with two attached hydrogens (primary N) is 1. The lowest BCUT2D eigenvalue weighted by molar-refractivity contribution is 0.0898. The first-order valence-corrected chi connectivity index (χ1v) is 7.95. The van der Waals surface area contributed by atoms with E-state index in [2.05, 4.69) is 27.6 Å². The molecular formula is C15H25N5O. The fourth-order valence-electron chi connectivity index (χ4n) is 3.01. The molecule has 1 saturated heterocycles. The highest BCUT2D eigenvalue weighted by atomic mass is 16.5. The van der Waals surface area contributed by atoms with Gasteiger partial charge in [-0.2, -0.15) is 0 Å². The molecule has 6 nitrogen and oxygen atoms in total. The Bertz CT molecular complexity index is 503. The van der Waals surface area contributed by atoms with Gasteiger partial charge in [-0.3, -0.25) is 0 Å². The van der Waals surface area contributed by atoms with Crippen LogP contribution in [0, 0.1) is 12.8 Å². The van der Waals surface area contributed by atoms with E-state index in [-0.39, 0.29) is 0 Å². The first-order valence-electron chi connectivity index (χ1n) is 7.95. The zero-order chi connectivity index (χ0) is 14.8. The molecule has 0 radical (unpaired) electrons. The third-order valence-corrected chi connectivity index (χ3v) is 4.35. The van der Waals surface area contributed by atoms with Crippen molar-refractivity contribution in [3.63, 3.8) is 0 Å². The second-order valence-electron chi connectivity index (χ2n) is 6.07. The van der Waals surface area contributed by atoms with Crippen LogP contribution in [0.25, 0.3) is 0 Å². The zero-order valence-electron chi connectivity index (χ0n) is 12.9. The van der Waals surface area contributed by atoms with Gasteiger partial charge in [-0.1, -0.05) is 6.92 Å². The molecule has 0 bridgehead atoms. The first-order chi connectivity index (χ1) is 10.2. The number of anilines is 2. The molecule has 0 spiro atoms. The Hall–Kier alpha value is -1.40. The van der Waals surface area contributed by atoms with Gasteiger partial charge in [0.05, 0.1) is 12.1 Å². The van der Waals surface area contributed by atoms with Crippen molar-refractivity contribution in [2.75, 3.05) is 17.3 Å². The Morgan fingerprint density at radius 3 is 2.67 bits per heavy atom. The number of aryl methyl sites for hydroxylation is 1. The number of hydrazine groups is 1. The summed E-state index contributed by atoms with van der Waals surface area (Å²) in [6.45, 7) is 4.96. The fourth-order valence-corrected chi connectivity index (χ4v) is 3.01. The molecule has 3 rings (SSSR count). The van der Waals surface area contributed by atoms with Crippen molar-refractivity contribution in [2.24, 2.45) is 11.8 Å². The number of aromatic nitrogens is 2. The quantitative estimate of drug-likeness (QED) is 0.549. The van der Waals surface area contributed by atoms with Crippen LogP contribution in [0.5, 0.6) is 0 Å². The highest BCUT2D eigenvalue weighted by molar-refractivity contribution is 5.57. The summed E-state index contributed by atoms with van der Waals surface area (Å²) in [6.07, 6.45) is 5.84. The molecule has 2 atom stereocenters. The Balaban J connectivity index is 1.81. The minimum Gasteiger partial charge on any atom is -0.376 e.